The minimum absolute atomic E-state index is 0.465. The Morgan fingerprint density at radius 1 is 1.43 bits per heavy atom. The maximum absolute atomic E-state index is 5.30. The van der Waals surface area contributed by atoms with Crippen LogP contribution in [0, 0.1) is 0 Å². The molecule has 0 radical (unpaired) electrons. The molecule has 0 saturated heterocycles. The fraction of sp³-hybridized carbons (Fsp3) is 0.300. The average molecular weight is 190 g/mol. The van der Waals surface area contributed by atoms with E-state index >= 15 is 0 Å². The van der Waals surface area contributed by atoms with Gasteiger partial charge in [0.2, 0.25) is 5.95 Å². The quantitative estimate of drug-likeness (QED) is 0.501. The molecule has 0 aliphatic carbocycles. The van der Waals surface area contributed by atoms with Gasteiger partial charge in [-0.15, -0.1) is 0 Å². The highest BCUT2D eigenvalue weighted by Crippen LogP contribution is 2.24. The number of anilines is 1. The zero-order valence-corrected chi connectivity index (χ0v) is 8.33. The second kappa shape index (κ2) is 3.31. The van der Waals surface area contributed by atoms with E-state index in [0.717, 1.165) is 11.0 Å². The van der Waals surface area contributed by atoms with Crippen LogP contribution >= 0.6 is 0 Å². The molecule has 0 unspecified atom stereocenters. The number of aromatic nitrogens is 2. The van der Waals surface area contributed by atoms with Crippen LogP contribution in [0.25, 0.3) is 11.0 Å². The van der Waals surface area contributed by atoms with Gasteiger partial charge < -0.3 is 4.98 Å². The summed E-state index contributed by atoms with van der Waals surface area (Å²) in [6, 6.07) is 6.11. The molecule has 4 heteroatoms. The highest BCUT2D eigenvalue weighted by atomic mass is 15.3. The van der Waals surface area contributed by atoms with Crippen LogP contribution in [0.15, 0.2) is 18.2 Å². The smallest absolute Gasteiger partial charge is 0.215 e. The minimum atomic E-state index is 0.465. The molecule has 74 valence electrons. The zero-order valence-electron chi connectivity index (χ0n) is 8.33. The number of H-pyrrole nitrogens is 1. The number of rotatable bonds is 2. The van der Waals surface area contributed by atoms with Crippen LogP contribution < -0.4 is 11.3 Å². The molecule has 1 aromatic carbocycles. The molecule has 0 aliphatic heterocycles. The van der Waals surface area contributed by atoms with E-state index < -0.39 is 0 Å². The Morgan fingerprint density at radius 3 is 2.86 bits per heavy atom. The fourth-order valence-corrected chi connectivity index (χ4v) is 1.59. The van der Waals surface area contributed by atoms with Gasteiger partial charge in [-0.05, 0) is 17.5 Å². The number of aromatic amines is 1. The van der Waals surface area contributed by atoms with Crippen LogP contribution in [0.1, 0.15) is 25.3 Å². The molecule has 4 N–H and O–H groups in total. The van der Waals surface area contributed by atoms with Crippen molar-refractivity contribution in [3.05, 3.63) is 23.8 Å². The Balaban J connectivity index is 2.66. The van der Waals surface area contributed by atoms with Crippen LogP contribution in [-0.2, 0) is 0 Å². The number of nitrogens with one attached hydrogen (secondary N) is 2. The summed E-state index contributed by atoms with van der Waals surface area (Å²) in [5.74, 6) is 6.37. The summed E-state index contributed by atoms with van der Waals surface area (Å²) in [6.07, 6.45) is 0. The Morgan fingerprint density at radius 2 is 2.21 bits per heavy atom. The highest BCUT2D eigenvalue weighted by molar-refractivity contribution is 5.81. The molecular formula is C10H14N4. The molecule has 2 rings (SSSR count). The van der Waals surface area contributed by atoms with E-state index in [9.17, 15) is 0 Å². The van der Waals surface area contributed by atoms with E-state index in [2.05, 4.69) is 35.3 Å². The van der Waals surface area contributed by atoms with Gasteiger partial charge in [0, 0.05) is 0 Å². The first-order chi connectivity index (χ1) is 6.72. The lowest BCUT2D eigenvalue weighted by Gasteiger charge is -2.04. The molecule has 0 atom stereocenters. The summed E-state index contributed by atoms with van der Waals surface area (Å²) in [7, 11) is 0. The summed E-state index contributed by atoms with van der Waals surface area (Å²) in [6.45, 7) is 4.30. The standard InChI is InChI=1S/C10H14N4/c1-6(2)7-4-3-5-8-9(7)13-10(12-8)14-11/h3-6H,11H2,1-2H3,(H2,12,13,14). The summed E-state index contributed by atoms with van der Waals surface area (Å²) in [5.41, 5.74) is 5.77. The van der Waals surface area contributed by atoms with Crippen molar-refractivity contribution in [2.24, 2.45) is 5.84 Å². The predicted molar refractivity (Wildman–Crippen MR) is 58.0 cm³/mol. The lowest BCUT2D eigenvalue weighted by atomic mass is 10.0. The first-order valence-electron chi connectivity index (χ1n) is 4.67. The Hall–Kier alpha value is -1.55. The van der Waals surface area contributed by atoms with Crippen molar-refractivity contribution in [3.8, 4) is 0 Å². The number of hydrazine groups is 1. The normalized spacial score (nSPS) is 11.1. The van der Waals surface area contributed by atoms with Crippen LogP contribution in [0.3, 0.4) is 0 Å². The number of para-hydroxylation sites is 1. The number of nitrogen functional groups attached to an aromatic ring is 1. The SMILES string of the molecule is CC(C)c1cccc2[nH]c(NN)nc12. The number of hydrogen-bond acceptors (Lipinski definition) is 3. The highest BCUT2D eigenvalue weighted by Gasteiger charge is 2.08. The first-order valence-corrected chi connectivity index (χ1v) is 4.67. The Labute approximate surface area is 82.5 Å². The molecule has 0 aliphatic rings. The molecule has 1 heterocycles. The lowest BCUT2D eigenvalue weighted by Crippen LogP contribution is -2.07. The molecule has 0 saturated carbocycles. The van der Waals surface area contributed by atoms with Gasteiger partial charge in [0.1, 0.15) is 0 Å². The fourth-order valence-electron chi connectivity index (χ4n) is 1.59. The van der Waals surface area contributed by atoms with Crippen molar-refractivity contribution in [1.29, 1.82) is 0 Å². The molecule has 4 nitrogen and oxygen atoms in total. The molecular weight excluding hydrogens is 176 g/mol. The first kappa shape index (κ1) is 9.02. The Kier molecular flexibility index (Phi) is 2.13. The molecule has 14 heavy (non-hydrogen) atoms. The monoisotopic (exact) mass is 190 g/mol. The summed E-state index contributed by atoms with van der Waals surface area (Å²) in [4.78, 5) is 7.45. The number of benzene rings is 1. The third-order valence-electron chi connectivity index (χ3n) is 2.30. The molecule has 1 aromatic heterocycles. The van der Waals surface area contributed by atoms with E-state index in [-0.39, 0.29) is 0 Å². The minimum Gasteiger partial charge on any atom is -0.323 e. The number of imidazole rings is 1. The molecule has 0 amide bonds. The summed E-state index contributed by atoms with van der Waals surface area (Å²) >= 11 is 0. The number of fused-ring (bicyclic) bond motifs is 1. The van der Waals surface area contributed by atoms with E-state index in [0.29, 0.717) is 11.9 Å². The average Bonchev–Trinajstić information content (AvgIpc) is 2.59. The number of nitrogens with two attached hydrogens (primary N) is 1. The van der Waals surface area contributed by atoms with Gasteiger partial charge >= 0.3 is 0 Å². The molecule has 0 spiro atoms. The van der Waals surface area contributed by atoms with E-state index in [4.69, 9.17) is 5.84 Å². The molecule has 0 fully saturated rings. The van der Waals surface area contributed by atoms with Gasteiger partial charge in [-0.1, -0.05) is 26.0 Å². The van der Waals surface area contributed by atoms with Gasteiger partial charge in [0.25, 0.3) is 0 Å². The van der Waals surface area contributed by atoms with Crippen LogP contribution in [0.2, 0.25) is 0 Å². The van der Waals surface area contributed by atoms with Crippen molar-refractivity contribution in [3.63, 3.8) is 0 Å². The van der Waals surface area contributed by atoms with Gasteiger partial charge in [0.15, 0.2) is 0 Å². The third-order valence-corrected chi connectivity index (χ3v) is 2.30. The topological polar surface area (TPSA) is 66.7 Å². The van der Waals surface area contributed by atoms with E-state index in [1.54, 1.807) is 0 Å². The van der Waals surface area contributed by atoms with Crippen molar-refractivity contribution >= 4 is 17.0 Å². The number of hydrogen-bond donors (Lipinski definition) is 3. The van der Waals surface area contributed by atoms with Crippen molar-refractivity contribution in [2.45, 2.75) is 19.8 Å². The zero-order chi connectivity index (χ0) is 10.1. The van der Waals surface area contributed by atoms with Crippen LogP contribution in [0.4, 0.5) is 5.95 Å². The summed E-state index contributed by atoms with van der Waals surface area (Å²) < 4.78 is 0. The van der Waals surface area contributed by atoms with E-state index in [1.165, 1.54) is 5.56 Å². The van der Waals surface area contributed by atoms with Crippen molar-refractivity contribution in [1.82, 2.24) is 9.97 Å². The number of nitrogens with zero attached hydrogens (tertiary/aromatic N) is 1. The van der Waals surface area contributed by atoms with Crippen molar-refractivity contribution in [2.75, 3.05) is 5.43 Å². The molecule has 2 aromatic rings. The largest absolute Gasteiger partial charge is 0.323 e. The van der Waals surface area contributed by atoms with Gasteiger partial charge in [-0.3, -0.25) is 5.43 Å². The maximum Gasteiger partial charge on any atom is 0.215 e. The Bertz CT molecular complexity index is 444. The van der Waals surface area contributed by atoms with Crippen LogP contribution in [-0.4, -0.2) is 9.97 Å². The van der Waals surface area contributed by atoms with Crippen molar-refractivity contribution < 1.29 is 0 Å². The lowest BCUT2D eigenvalue weighted by molar-refractivity contribution is 0.873. The second-order valence-corrected chi connectivity index (χ2v) is 3.63. The van der Waals surface area contributed by atoms with Crippen LogP contribution in [0.5, 0.6) is 0 Å². The predicted octanol–water partition coefficient (Wildman–Crippen LogP) is 1.97. The van der Waals surface area contributed by atoms with Gasteiger partial charge in [-0.25, -0.2) is 10.8 Å². The second-order valence-electron chi connectivity index (χ2n) is 3.63. The van der Waals surface area contributed by atoms with E-state index in [1.807, 2.05) is 12.1 Å². The third kappa shape index (κ3) is 1.33. The maximum atomic E-state index is 5.30. The van der Waals surface area contributed by atoms with Gasteiger partial charge in [0.05, 0.1) is 11.0 Å². The molecule has 0 bridgehead atoms. The van der Waals surface area contributed by atoms with Gasteiger partial charge in [-0.2, -0.15) is 0 Å². The summed E-state index contributed by atoms with van der Waals surface area (Å²) in [5, 5.41) is 0.